The second kappa shape index (κ2) is 5.11. The quantitative estimate of drug-likeness (QED) is 0.753. The minimum Gasteiger partial charge on any atom is -0.381 e. The summed E-state index contributed by atoms with van der Waals surface area (Å²) in [5.74, 6) is 0. The van der Waals surface area contributed by atoms with Crippen LogP contribution in [0.5, 0.6) is 0 Å². The lowest BCUT2D eigenvalue weighted by Gasteiger charge is -2.09. The molecule has 0 atom stereocenters. The molecule has 1 N–H and O–H groups in total. The first-order chi connectivity index (χ1) is 9.33. The first-order valence-corrected chi connectivity index (χ1v) is 6.45. The molecule has 0 aliphatic heterocycles. The molecule has 1 aromatic heterocycles. The fourth-order valence-electron chi connectivity index (χ4n) is 2.30. The van der Waals surface area contributed by atoms with Crippen LogP contribution in [0, 0.1) is 6.92 Å². The molecular formula is C17H16N2. The second-order valence-corrected chi connectivity index (χ2v) is 4.74. The van der Waals surface area contributed by atoms with Gasteiger partial charge in [-0.2, -0.15) is 0 Å². The predicted molar refractivity (Wildman–Crippen MR) is 80.2 cm³/mol. The standard InChI is InChI=1S/C17H16N2/c1-13-4-2-7-16(10-13)19-12-15-6-3-5-14-11-18-9-8-17(14)15/h2-11,19H,12H2,1H3. The molecule has 3 aromatic rings. The number of rotatable bonds is 3. The van der Waals surface area contributed by atoms with Crippen LogP contribution in [0.2, 0.25) is 0 Å². The summed E-state index contributed by atoms with van der Waals surface area (Å²) in [6, 6.07) is 16.8. The van der Waals surface area contributed by atoms with Gasteiger partial charge in [0.15, 0.2) is 0 Å². The molecule has 0 fully saturated rings. The van der Waals surface area contributed by atoms with Crippen LogP contribution in [0.25, 0.3) is 10.8 Å². The van der Waals surface area contributed by atoms with E-state index in [4.69, 9.17) is 0 Å². The first kappa shape index (κ1) is 11.7. The fourth-order valence-corrected chi connectivity index (χ4v) is 2.30. The fraction of sp³-hybridized carbons (Fsp3) is 0.118. The molecule has 0 aliphatic carbocycles. The van der Waals surface area contributed by atoms with E-state index < -0.39 is 0 Å². The SMILES string of the molecule is Cc1cccc(NCc2cccc3cnccc23)c1. The Morgan fingerprint density at radius 1 is 1.05 bits per heavy atom. The lowest BCUT2D eigenvalue weighted by atomic mass is 10.1. The van der Waals surface area contributed by atoms with E-state index in [1.807, 2.05) is 12.4 Å². The Hall–Kier alpha value is -2.35. The summed E-state index contributed by atoms with van der Waals surface area (Å²) in [6.45, 7) is 2.93. The molecule has 0 saturated heterocycles. The van der Waals surface area contributed by atoms with Crippen molar-refractivity contribution in [3.8, 4) is 0 Å². The Morgan fingerprint density at radius 2 is 1.95 bits per heavy atom. The molecule has 3 rings (SSSR count). The van der Waals surface area contributed by atoms with Crippen LogP contribution in [-0.4, -0.2) is 4.98 Å². The van der Waals surface area contributed by atoms with Gasteiger partial charge < -0.3 is 5.32 Å². The maximum absolute atomic E-state index is 4.16. The third-order valence-corrected chi connectivity index (χ3v) is 3.27. The van der Waals surface area contributed by atoms with Crippen LogP contribution in [0.1, 0.15) is 11.1 Å². The van der Waals surface area contributed by atoms with E-state index in [9.17, 15) is 0 Å². The predicted octanol–water partition coefficient (Wildman–Crippen LogP) is 4.16. The van der Waals surface area contributed by atoms with Crippen molar-refractivity contribution in [3.63, 3.8) is 0 Å². The number of fused-ring (bicyclic) bond motifs is 1. The number of nitrogens with one attached hydrogen (secondary N) is 1. The molecule has 0 bridgehead atoms. The summed E-state index contributed by atoms with van der Waals surface area (Å²) in [7, 11) is 0. The summed E-state index contributed by atoms with van der Waals surface area (Å²) in [4.78, 5) is 4.16. The molecule has 0 amide bonds. The number of aryl methyl sites for hydroxylation is 1. The van der Waals surface area contributed by atoms with Crippen molar-refractivity contribution in [2.45, 2.75) is 13.5 Å². The topological polar surface area (TPSA) is 24.9 Å². The summed E-state index contributed by atoms with van der Waals surface area (Å²) in [6.07, 6.45) is 3.75. The summed E-state index contributed by atoms with van der Waals surface area (Å²) in [5, 5.41) is 5.92. The molecule has 2 heteroatoms. The molecule has 94 valence electrons. The smallest absolute Gasteiger partial charge is 0.0406 e. The van der Waals surface area contributed by atoms with E-state index in [1.165, 1.54) is 21.9 Å². The average Bonchev–Trinajstić information content (AvgIpc) is 2.45. The molecule has 0 aliphatic rings. The largest absolute Gasteiger partial charge is 0.381 e. The van der Waals surface area contributed by atoms with Crippen LogP contribution < -0.4 is 5.32 Å². The van der Waals surface area contributed by atoms with Crippen molar-refractivity contribution in [3.05, 3.63) is 72.1 Å². The lowest BCUT2D eigenvalue weighted by Crippen LogP contribution is -2.00. The molecule has 2 nitrogen and oxygen atoms in total. The van der Waals surface area contributed by atoms with Gasteiger partial charge in [0.05, 0.1) is 0 Å². The molecule has 0 radical (unpaired) electrons. The molecule has 1 heterocycles. The van der Waals surface area contributed by atoms with Gasteiger partial charge in [0.2, 0.25) is 0 Å². The number of hydrogen-bond acceptors (Lipinski definition) is 2. The Balaban J connectivity index is 1.86. The van der Waals surface area contributed by atoms with Gasteiger partial charge in [0.25, 0.3) is 0 Å². The Bertz CT molecular complexity index is 699. The van der Waals surface area contributed by atoms with Crippen LogP contribution in [0.4, 0.5) is 5.69 Å². The first-order valence-electron chi connectivity index (χ1n) is 6.45. The van der Waals surface area contributed by atoms with Gasteiger partial charge in [-0.15, -0.1) is 0 Å². The normalized spacial score (nSPS) is 10.6. The molecule has 0 unspecified atom stereocenters. The second-order valence-electron chi connectivity index (χ2n) is 4.74. The van der Waals surface area contributed by atoms with Gasteiger partial charge in [-0.3, -0.25) is 4.98 Å². The van der Waals surface area contributed by atoms with Crippen LogP contribution in [0.15, 0.2) is 60.9 Å². The van der Waals surface area contributed by atoms with Gasteiger partial charge >= 0.3 is 0 Å². The molecule has 19 heavy (non-hydrogen) atoms. The van der Waals surface area contributed by atoms with Crippen LogP contribution >= 0.6 is 0 Å². The number of anilines is 1. The summed E-state index contributed by atoms with van der Waals surface area (Å²) >= 11 is 0. The molecule has 0 spiro atoms. The third kappa shape index (κ3) is 2.58. The number of benzene rings is 2. The highest BCUT2D eigenvalue weighted by atomic mass is 14.9. The Morgan fingerprint density at radius 3 is 2.84 bits per heavy atom. The van der Waals surface area contributed by atoms with Gasteiger partial charge in [0.1, 0.15) is 0 Å². The minimum atomic E-state index is 0.824. The van der Waals surface area contributed by atoms with Crippen molar-refractivity contribution < 1.29 is 0 Å². The van der Waals surface area contributed by atoms with Crippen molar-refractivity contribution in [1.82, 2.24) is 4.98 Å². The number of aromatic nitrogens is 1. The van der Waals surface area contributed by atoms with Crippen LogP contribution in [0.3, 0.4) is 0 Å². The van der Waals surface area contributed by atoms with E-state index in [0.717, 1.165) is 12.2 Å². The van der Waals surface area contributed by atoms with E-state index in [0.29, 0.717) is 0 Å². The van der Waals surface area contributed by atoms with Crippen molar-refractivity contribution >= 4 is 16.5 Å². The van der Waals surface area contributed by atoms with Crippen molar-refractivity contribution in [2.75, 3.05) is 5.32 Å². The number of pyridine rings is 1. The van der Waals surface area contributed by atoms with E-state index in [1.54, 1.807) is 0 Å². The van der Waals surface area contributed by atoms with E-state index >= 15 is 0 Å². The summed E-state index contributed by atoms with van der Waals surface area (Å²) in [5.41, 5.74) is 3.72. The Labute approximate surface area is 113 Å². The monoisotopic (exact) mass is 248 g/mol. The van der Waals surface area contributed by atoms with Crippen molar-refractivity contribution in [1.29, 1.82) is 0 Å². The average molecular weight is 248 g/mol. The van der Waals surface area contributed by atoms with Gasteiger partial charge in [-0.25, -0.2) is 0 Å². The Kier molecular flexibility index (Phi) is 3.15. The summed E-state index contributed by atoms with van der Waals surface area (Å²) < 4.78 is 0. The van der Waals surface area contributed by atoms with Gasteiger partial charge in [-0.05, 0) is 41.6 Å². The molecular weight excluding hydrogens is 232 g/mol. The third-order valence-electron chi connectivity index (χ3n) is 3.27. The zero-order valence-electron chi connectivity index (χ0n) is 10.9. The number of hydrogen-bond donors (Lipinski definition) is 1. The maximum atomic E-state index is 4.16. The van der Waals surface area contributed by atoms with Gasteiger partial charge in [0, 0.05) is 30.0 Å². The van der Waals surface area contributed by atoms with E-state index in [-0.39, 0.29) is 0 Å². The number of nitrogens with zero attached hydrogens (tertiary/aromatic N) is 1. The van der Waals surface area contributed by atoms with Gasteiger partial charge in [-0.1, -0.05) is 30.3 Å². The van der Waals surface area contributed by atoms with Crippen LogP contribution in [-0.2, 0) is 6.54 Å². The lowest BCUT2D eigenvalue weighted by molar-refractivity contribution is 1.16. The molecule has 2 aromatic carbocycles. The van der Waals surface area contributed by atoms with E-state index in [2.05, 4.69) is 65.8 Å². The molecule has 0 saturated carbocycles. The highest BCUT2D eigenvalue weighted by Crippen LogP contribution is 2.19. The highest BCUT2D eigenvalue weighted by molar-refractivity contribution is 5.84. The zero-order chi connectivity index (χ0) is 13.1. The zero-order valence-corrected chi connectivity index (χ0v) is 10.9. The van der Waals surface area contributed by atoms with Crippen molar-refractivity contribution in [2.24, 2.45) is 0 Å². The minimum absolute atomic E-state index is 0.824. The highest BCUT2D eigenvalue weighted by Gasteiger charge is 2.00. The maximum Gasteiger partial charge on any atom is 0.0406 e.